The molecule has 0 bridgehead atoms. The Hall–Kier alpha value is -1.35. The number of ketones is 1. The van der Waals surface area contributed by atoms with E-state index in [1.165, 1.54) is 0 Å². The SMILES string of the molecule is CC1(C)CC(=O)C[C@H](c2ccccc2O)N1. The van der Waals surface area contributed by atoms with Crippen LogP contribution in [0.2, 0.25) is 0 Å². The second kappa shape index (κ2) is 3.91. The number of rotatable bonds is 1. The molecule has 0 saturated carbocycles. The lowest BCUT2D eigenvalue weighted by molar-refractivity contribution is -0.122. The van der Waals surface area contributed by atoms with Crippen molar-refractivity contribution in [1.29, 1.82) is 0 Å². The molecule has 0 radical (unpaired) electrons. The highest BCUT2D eigenvalue weighted by Crippen LogP contribution is 2.32. The Labute approximate surface area is 95.5 Å². The molecule has 3 heteroatoms. The molecule has 0 spiro atoms. The number of hydrogen-bond donors (Lipinski definition) is 2. The molecule has 86 valence electrons. The number of carbonyl (C=O) groups is 1. The van der Waals surface area contributed by atoms with E-state index in [1.807, 2.05) is 26.0 Å². The van der Waals surface area contributed by atoms with Gasteiger partial charge in [0, 0.05) is 30.0 Å². The summed E-state index contributed by atoms with van der Waals surface area (Å²) in [6.45, 7) is 4.02. The fourth-order valence-electron chi connectivity index (χ4n) is 2.34. The minimum Gasteiger partial charge on any atom is -0.508 e. The minimum atomic E-state index is -0.192. The third-order valence-electron chi connectivity index (χ3n) is 2.95. The zero-order valence-corrected chi connectivity index (χ0v) is 9.66. The Kier molecular flexibility index (Phi) is 2.72. The fourth-order valence-corrected chi connectivity index (χ4v) is 2.34. The summed E-state index contributed by atoms with van der Waals surface area (Å²) in [7, 11) is 0. The van der Waals surface area contributed by atoms with Crippen LogP contribution in [0.3, 0.4) is 0 Å². The number of benzene rings is 1. The van der Waals surface area contributed by atoms with Crippen LogP contribution in [0.1, 0.15) is 38.3 Å². The van der Waals surface area contributed by atoms with Crippen molar-refractivity contribution in [2.24, 2.45) is 0 Å². The number of carbonyl (C=O) groups excluding carboxylic acids is 1. The smallest absolute Gasteiger partial charge is 0.136 e. The molecule has 1 aromatic carbocycles. The lowest BCUT2D eigenvalue weighted by atomic mass is 9.85. The van der Waals surface area contributed by atoms with Crippen LogP contribution in [0.15, 0.2) is 24.3 Å². The van der Waals surface area contributed by atoms with Crippen molar-refractivity contribution >= 4 is 5.78 Å². The average molecular weight is 219 g/mol. The van der Waals surface area contributed by atoms with E-state index in [-0.39, 0.29) is 23.1 Å². The Morgan fingerprint density at radius 1 is 1.38 bits per heavy atom. The van der Waals surface area contributed by atoms with E-state index in [0.717, 1.165) is 5.56 Å². The van der Waals surface area contributed by atoms with Gasteiger partial charge >= 0.3 is 0 Å². The Bertz CT molecular complexity index is 412. The molecule has 0 unspecified atom stereocenters. The van der Waals surface area contributed by atoms with Crippen molar-refractivity contribution in [2.75, 3.05) is 0 Å². The molecule has 1 fully saturated rings. The van der Waals surface area contributed by atoms with Crippen molar-refractivity contribution in [3.63, 3.8) is 0 Å². The van der Waals surface area contributed by atoms with Crippen LogP contribution >= 0.6 is 0 Å². The van der Waals surface area contributed by atoms with Crippen LogP contribution in [-0.4, -0.2) is 16.4 Å². The maximum Gasteiger partial charge on any atom is 0.136 e. The van der Waals surface area contributed by atoms with Gasteiger partial charge in [0.2, 0.25) is 0 Å². The number of hydrogen-bond acceptors (Lipinski definition) is 3. The van der Waals surface area contributed by atoms with E-state index in [4.69, 9.17) is 0 Å². The number of phenols is 1. The van der Waals surface area contributed by atoms with Gasteiger partial charge in [-0.1, -0.05) is 18.2 Å². The Morgan fingerprint density at radius 2 is 2.06 bits per heavy atom. The van der Waals surface area contributed by atoms with Gasteiger partial charge in [0.1, 0.15) is 11.5 Å². The topological polar surface area (TPSA) is 49.3 Å². The standard InChI is InChI=1S/C13H17NO2/c1-13(2)8-9(15)7-11(14-13)10-5-3-4-6-12(10)16/h3-6,11,14,16H,7-8H2,1-2H3/t11-/m1/s1. The van der Waals surface area contributed by atoms with Crippen LogP contribution in [0.4, 0.5) is 0 Å². The first-order valence-electron chi connectivity index (χ1n) is 5.55. The highest BCUT2D eigenvalue weighted by molar-refractivity contribution is 5.81. The lowest BCUT2D eigenvalue weighted by Crippen LogP contribution is -2.48. The second-order valence-corrected chi connectivity index (χ2v) is 5.06. The normalized spacial score (nSPS) is 24.4. The number of para-hydroxylation sites is 1. The monoisotopic (exact) mass is 219 g/mol. The van der Waals surface area contributed by atoms with Crippen molar-refractivity contribution in [3.05, 3.63) is 29.8 Å². The van der Waals surface area contributed by atoms with Gasteiger partial charge in [-0.05, 0) is 19.9 Å². The largest absolute Gasteiger partial charge is 0.508 e. The predicted molar refractivity (Wildman–Crippen MR) is 62.3 cm³/mol. The summed E-state index contributed by atoms with van der Waals surface area (Å²) in [6.07, 6.45) is 1.01. The summed E-state index contributed by atoms with van der Waals surface area (Å²) in [4.78, 5) is 11.7. The highest BCUT2D eigenvalue weighted by Gasteiger charge is 2.33. The molecule has 1 aliphatic rings. The first-order chi connectivity index (χ1) is 7.48. The molecule has 1 saturated heterocycles. The third kappa shape index (κ3) is 2.25. The van der Waals surface area contributed by atoms with Gasteiger partial charge in [-0.3, -0.25) is 4.79 Å². The van der Waals surface area contributed by atoms with E-state index in [1.54, 1.807) is 12.1 Å². The summed E-state index contributed by atoms with van der Waals surface area (Å²) in [5, 5.41) is 13.2. The number of aromatic hydroxyl groups is 1. The quantitative estimate of drug-likeness (QED) is 0.761. The van der Waals surface area contributed by atoms with E-state index < -0.39 is 0 Å². The molecule has 1 atom stereocenters. The van der Waals surface area contributed by atoms with Gasteiger partial charge in [0.15, 0.2) is 0 Å². The van der Waals surface area contributed by atoms with E-state index in [2.05, 4.69) is 5.32 Å². The van der Waals surface area contributed by atoms with Crippen LogP contribution in [0, 0.1) is 0 Å². The van der Waals surface area contributed by atoms with E-state index in [0.29, 0.717) is 12.8 Å². The fraction of sp³-hybridized carbons (Fsp3) is 0.462. The molecule has 16 heavy (non-hydrogen) atoms. The molecule has 1 aromatic rings. The maximum absolute atomic E-state index is 11.7. The van der Waals surface area contributed by atoms with Crippen molar-refractivity contribution in [2.45, 2.75) is 38.3 Å². The van der Waals surface area contributed by atoms with Crippen LogP contribution < -0.4 is 5.32 Å². The summed E-state index contributed by atoms with van der Waals surface area (Å²) in [5.41, 5.74) is 0.617. The maximum atomic E-state index is 11.7. The molecule has 1 aliphatic heterocycles. The molecule has 1 heterocycles. The van der Waals surface area contributed by atoms with Gasteiger partial charge in [0.25, 0.3) is 0 Å². The van der Waals surface area contributed by atoms with Gasteiger partial charge in [-0.15, -0.1) is 0 Å². The third-order valence-corrected chi connectivity index (χ3v) is 2.95. The number of Topliss-reactive ketones (excluding diaryl/α,β-unsaturated/α-hetero) is 1. The zero-order valence-electron chi connectivity index (χ0n) is 9.66. The van der Waals surface area contributed by atoms with Crippen molar-refractivity contribution in [3.8, 4) is 5.75 Å². The summed E-state index contributed by atoms with van der Waals surface area (Å²) >= 11 is 0. The minimum absolute atomic E-state index is 0.0718. The zero-order chi connectivity index (χ0) is 11.8. The lowest BCUT2D eigenvalue weighted by Gasteiger charge is -2.36. The van der Waals surface area contributed by atoms with Gasteiger partial charge in [-0.2, -0.15) is 0 Å². The molecule has 0 aromatic heterocycles. The van der Waals surface area contributed by atoms with Crippen molar-refractivity contribution < 1.29 is 9.90 Å². The van der Waals surface area contributed by atoms with E-state index in [9.17, 15) is 9.90 Å². The summed E-state index contributed by atoms with van der Waals surface area (Å²) < 4.78 is 0. The molecule has 3 nitrogen and oxygen atoms in total. The number of phenolic OH excluding ortho intramolecular Hbond substituents is 1. The number of piperidine rings is 1. The van der Waals surface area contributed by atoms with Crippen molar-refractivity contribution in [1.82, 2.24) is 5.32 Å². The molecular weight excluding hydrogens is 202 g/mol. The molecule has 2 N–H and O–H groups in total. The van der Waals surface area contributed by atoms with Gasteiger partial charge in [-0.25, -0.2) is 0 Å². The van der Waals surface area contributed by atoms with Crippen LogP contribution in [0.5, 0.6) is 5.75 Å². The molecular formula is C13H17NO2. The first-order valence-corrected chi connectivity index (χ1v) is 5.55. The summed E-state index contributed by atoms with van der Waals surface area (Å²) in [5.74, 6) is 0.502. The summed E-state index contributed by atoms with van der Waals surface area (Å²) in [6, 6.07) is 7.11. The second-order valence-electron chi connectivity index (χ2n) is 5.06. The number of nitrogens with one attached hydrogen (secondary N) is 1. The van der Waals surface area contributed by atoms with Crippen LogP contribution in [-0.2, 0) is 4.79 Å². The van der Waals surface area contributed by atoms with Crippen LogP contribution in [0.25, 0.3) is 0 Å². The Morgan fingerprint density at radius 3 is 2.69 bits per heavy atom. The van der Waals surface area contributed by atoms with Gasteiger partial charge in [0.05, 0.1) is 0 Å². The average Bonchev–Trinajstić information content (AvgIpc) is 2.15. The molecule has 0 amide bonds. The Balaban J connectivity index is 2.28. The molecule has 2 rings (SSSR count). The first kappa shape index (κ1) is 11.1. The predicted octanol–water partition coefficient (Wildman–Crippen LogP) is 2.16. The molecule has 0 aliphatic carbocycles. The van der Waals surface area contributed by atoms with E-state index >= 15 is 0 Å². The van der Waals surface area contributed by atoms with Gasteiger partial charge < -0.3 is 10.4 Å². The highest BCUT2D eigenvalue weighted by atomic mass is 16.3.